The fraction of sp³-hybridized carbons (Fsp3) is 0.895. The molecule has 6 nitrogen and oxygen atoms in total. The number of guanidine groups is 1. The highest BCUT2D eigenvalue weighted by atomic mass is 127. The average Bonchev–Trinajstić information content (AvgIpc) is 3.34. The molecule has 0 aromatic carbocycles. The van der Waals surface area contributed by atoms with Crippen LogP contribution in [0.15, 0.2) is 4.99 Å². The van der Waals surface area contributed by atoms with Crippen LogP contribution in [-0.4, -0.2) is 73.5 Å². The van der Waals surface area contributed by atoms with E-state index in [9.17, 15) is 4.79 Å². The highest BCUT2D eigenvalue weighted by Gasteiger charge is 2.25. The molecule has 1 saturated heterocycles. The minimum atomic E-state index is 0. The second-order valence-electron chi connectivity index (χ2n) is 8.50. The molecule has 7 heteroatoms. The molecule has 0 spiro atoms. The van der Waals surface area contributed by atoms with Crippen LogP contribution in [0.25, 0.3) is 0 Å². The molecule has 1 saturated carbocycles. The number of nitrogens with zero attached hydrogens (tertiary/aromatic N) is 3. The summed E-state index contributed by atoms with van der Waals surface area (Å²) in [7, 11) is 0. The number of aliphatic imine (C=N–C) groups is 1. The molecule has 2 fully saturated rings. The lowest BCUT2D eigenvalue weighted by molar-refractivity contribution is -0.122. The van der Waals surface area contributed by atoms with E-state index >= 15 is 0 Å². The zero-order valence-electron chi connectivity index (χ0n) is 17.0. The third-order valence-electron chi connectivity index (χ3n) is 4.66. The number of hydrogen-bond donors (Lipinski definition) is 2. The van der Waals surface area contributed by atoms with E-state index in [4.69, 9.17) is 4.99 Å². The minimum Gasteiger partial charge on any atom is -0.357 e. The van der Waals surface area contributed by atoms with Crippen molar-refractivity contribution in [3.63, 3.8) is 0 Å². The van der Waals surface area contributed by atoms with Crippen LogP contribution in [0.3, 0.4) is 0 Å². The Hall–Kier alpha value is -0.570. The van der Waals surface area contributed by atoms with E-state index in [-0.39, 0.29) is 29.9 Å². The third-order valence-corrected chi connectivity index (χ3v) is 4.66. The molecule has 0 bridgehead atoms. The topological polar surface area (TPSA) is 60.0 Å². The van der Waals surface area contributed by atoms with E-state index in [1.807, 2.05) is 0 Å². The minimum absolute atomic E-state index is 0. The van der Waals surface area contributed by atoms with Gasteiger partial charge in [-0.05, 0) is 38.0 Å². The zero-order chi connectivity index (χ0) is 18.3. The van der Waals surface area contributed by atoms with Gasteiger partial charge < -0.3 is 15.5 Å². The first-order chi connectivity index (χ1) is 11.9. The van der Waals surface area contributed by atoms with Gasteiger partial charge >= 0.3 is 0 Å². The van der Waals surface area contributed by atoms with Gasteiger partial charge in [-0.3, -0.25) is 14.7 Å². The highest BCUT2D eigenvalue weighted by molar-refractivity contribution is 14.0. The first-order valence-electron chi connectivity index (χ1n) is 9.92. The molecule has 0 unspecified atom stereocenters. The summed E-state index contributed by atoms with van der Waals surface area (Å²) in [6.07, 6.45) is 4.62. The number of halogens is 1. The monoisotopic (exact) mass is 479 g/mol. The molecule has 0 atom stereocenters. The number of carbonyl (C=O) groups is 1. The normalized spacial score (nSPS) is 19.1. The van der Waals surface area contributed by atoms with Crippen LogP contribution >= 0.6 is 24.0 Å². The van der Waals surface area contributed by atoms with Gasteiger partial charge in [0.05, 0.1) is 6.54 Å². The predicted molar refractivity (Wildman–Crippen MR) is 119 cm³/mol. The summed E-state index contributed by atoms with van der Waals surface area (Å²) >= 11 is 0. The molecule has 26 heavy (non-hydrogen) atoms. The molecule has 1 heterocycles. The van der Waals surface area contributed by atoms with Crippen LogP contribution in [0.1, 0.15) is 53.4 Å². The number of hydrogen-bond acceptors (Lipinski definition) is 3. The molecular formula is C19H38IN5O. The maximum absolute atomic E-state index is 11.9. The van der Waals surface area contributed by atoms with Crippen LogP contribution in [0.5, 0.6) is 0 Å². The molecule has 2 N–H and O–H groups in total. The van der Waals surface area contributed by atoms with Gasteiger partial charge in [-0.1, -0.05) is 20.8 Å². The van der Waals surface area contributed by atoms with Gasteiger partial charge in [-0.2, -0.15) is 0 Å². The number of carbonyl (C=O) groups excluding carboxylic acids is 1. The summed E-state index contributed by atoms with van der Waals surface area (Å²) < 4.78 is 0. The molecule has 0 aromatic heterocycles. The Morgan fingerprint density at radius 2 is 1.81 bits per heavy atom. The Balaban J connectivity index is 0.00000338. The standard InChI is InChI=1S/C19H37N5O.HI/c1-5-20-18(21-10-6-9-19(2,3)4)24-13-11-23(12-14-24)15-17(25)22-16-7-8-16;/h16H,5-15H2,1-4H3,(H,20,21)(H,22,25);1H. The number of nitrogens with one attached hydrogen (secondary N) is 2. The Bertz CT molecular complexity index is 451. The Morgan fingerprint density at radius 1 is 1.15 bits per heavy atom. The van der Waals surface area contributed by atoms with Gasteiger partial charge in [0, 0.05) is 45.3 Å². The molecule has 1 aliphatic carbocycles. The maximum Gasteiger partial charge on any atom is 0.234 e. The molecule has 0 radical (unpaired) electrons. The second kappa shape index (κ2) is 11.3. The van der Waals surface area contributed by atoms with Crippen LogP contribution in [0.2, 0.25) is 0 Å². The highest BCUT2D eigenvalue weighted by Crippen LogP contribution is 2.20. The van der Waals surface area contributed by atoms with Gasteiger partial charge in [0.25, 0.3) is 0 Å². The largest absolute Gasteiger partial charge is 0.357 e. The first-order valence-corrected chi connectivity index (χ1v) is 9.92. The van der Waals surface area contributed by atoms with Crippen molar-refractivity contribution in [2.24, 2.45) is 10.4 Å². The van der Waals surface area contributed by atoms with Crippen LogP contribution in [0.4, 0.5) is 0 Å². The molecule has 0 aromatic rings. The fourth-order valence-electron chi connectivity index (χ4n) is 3.04. The first kappa shape index (κ1) is 23.5. The summed E-state index contributed by atoms with van der Waals surface area (Å²) in [5.41, 5.74) is 0.376. The lowest BCUT2D eigenvalue weighted by Gasteiger charge is -2.36. The lowest BCUT2D eigenvalue weighted by Crippen LogP contribution is -2.54. The van der Waals surface area contributed by atoms with Crippen LogP contribution < -0.4 is 10.6 Å². The molecule has 152 valence electrons. The average molecular weight is 479 g/mol. The van der Waals surface area contributed by atoms with E-state index in [1.54, 1.807) is 0 Å². The van der Waals surface area contributed by atoms with E-state index in [0.29, 0.717) is 18.0 Å². The summed E-state index contributed by atoms with van der Waals surface area (Å²) in [4.78, 5) is 21.3. The van der Waals surface area contributed by atoms with Gasteiger partial charge in [-0.15, -0.1) is 24.0 Å². The van der Waals surface area contributed by atoms with Crippen LogP contribution in [0, 0.1) is 5.41 Å². The number of piperazine rings is 1. The van der Waals surface area contributed by atoms with Gasteiger partial charge in [0.2, 0.25) is 5.91 Å². The van der Waals surface area contributed by atoms with Crippen molar-refractivity contribution in [1.82, 2.24) is 20.4 Å². The van der Waals surface area contributed by atoms with Gasteiger partial charge in [0.1, 0.15) is 0 Å². The van der Waals surface area contributed by atoms with E-state index < -0.39 is 0 Å². The summed E-state index contributed by atoms with van der Waals surface area (Å²) in [5.74, 6) is 1.21. The van der Waals surface area contributed by atoms with Crippen molar-refractivity contribution in [3.8, 4) is 0 Å². The van der Waals surface area contributed by atoms with Gasteiger partial charge in [-0.25, -0.2) is 0 Å². The number of amides is 1. The van der Waals surface area contributed by atoms with Crippen molar-refractivity contribution in [2.45, 2.75) is 59.4 Å². The zero-order valence-corrected chi connectivity index (χ0v) is 19.3. The van der Waals surface area contributed by atoms with Gasteiger partial charge in [0.15, 0.2) is 5.96 Å². The molecular weight excluding hydrogens is 441 g/mol. The smallest absolute Gasteiger partial charge is 0.234 e. The van der Waals surface area contributed by atoms with E-state index in [0.717, 1.165) is 64.5 Å². The van der Waals surface area contributed by atoms with Crippen LogP contribution in [-0.2, 0) is 4.79 Å². The molecule has 2 rings (SSSR count). The molecule has 1 aliphatic heterocycles. The summed E-state index contributed by atoms with van der Waals surface area (Å²) in [6, 6.07) is 0.453. The third kappa shape index (κ3) is 9.39. The molecule has 2 aliphatic rings. The summed E-state index contributed by atoms with van der Waals surface area (Å²) in [6.45, 7) is 15.0. The van der Waals surface area contributed by atoms with Crippen molar-refractivity contribution in [2.75, 3.05) is 45.8 Å². The fourth-order valence-corrected chi connectivity index (χ4v) is 3.04. The Labute approximate surface area is 176 Å². The van der Waals surface area contributed by atoms with Crippen molar-refractivity contribution >= 4 is 35.8 Å². The lowest BCUT2D eigenvalue weighted by atomic mass is 9.91. The van der Waals surface area contributed by atoms with E-state index in [1.165, 1.54) is 6.42 Å². The van der Waals surface area contributed by atoms with Crippen molar-refractivity contribution in [1.29, 1.82) is 0 Å². The van der Waals surface area contributed by atoms with E-state index in [2.05, 4.69) is 48.1 Å². The Kier molecular flexibility index (Phi) is 10.2. The number of rotatable bonds is 7. The van der Waals surface area contributed by atoms with Crippen molar-refractivity contribution in [3.05, 3.63) is 0 Å². The molecule has 1 amide bonds. The maximum atomic E-state index is 11.9. The second-order valence-corrected chi connectivity index (χ2v) is 8.50. The Morgan fingerprint density at radius 3 is 2.35 bits per heavy atom. The SMILES string of the molecule is CCNC(=NCCCC(C)(C)C)N1CCN(CC(=O)NC2CC2)CC1.I. The quantitative estimate of drug-likeness (QED) is 0.255. The predicted octanol–water partition coefficient (Wildman–Crippen LogP) is 2.29. The summed E-state index contributed by atoms with van der Waals surface area (Å²) in [5, 5.41) is 6.49. The van der Waals surface area contributed by atoms with Crippen molar-refractivity contribution < 1.29 is 4.79 Å².